The Labute approximate surface area is 143 Å². The second-order valence-corrected chi connectivity index (χ2v) is 8.29. The number of benzene rings is 2. The summed E-state index contributed by atoms with van der Waals surface area (Å²) in [6.45, 7) is 2.91. The predicted molar refractivity (Wildman–Crippen MR) is 95.4 cm³/mol. The van der Waals surface area contributed by atoms with Gasteiger partial charge in [0.25, 0.3) is 0 Å². The van der Waals surface area contributed by atoms with Crippen molar-refractivity contribution in [2.24, 2.45) is 0 Å². The van der Waals surface area contributed by atoms with Crippen LogP contribution in [-0.4, -0.2) is 27.0 Å². The summed E-state index contributed by atoms with van der Waals surface area (Å²) >= 11 is 0. The molecule has 1 heterocycles. The number of sulfone groups is 1. The molecule has 3 rings (SSSR count). The zero-order chi connectivity index (χ0) is 17.3. The average Bonchev–Trinajstić information content (AvgIpc) is 2.75. The molecule has 0 bridgehead atoms. The highest BCUT2D eigenvalue weighted by atomic mass is 32.2. The van der Waals surface area contributed by atoms with Gasteiger partial charge >= 0.3 is 0 Å². The number of anilines is 1. The normalized spacial score (nSPS) is 14.8. The van der Waals surface area contributed by atoms with Crippen LogP contribution < -0.4 is 4.90 Å². The molecule has 1 aliphatic heterocycles. The standard InChI is InChI=1S/C19H21NO3S/c1-14(21)16-9-10-19(24(2,22)23)18(12-16)20-11-5-8-15-6-3-4-7-17(15)13-20/h3-4,6-7,9-10,12H,5,8,11,13H2,1-2H3. The van der Waals surface area contributed by atoms with Gasteiger partial charge in [0.05, 0.1) is 10.6 Å². The molecule has 0 aliphatic carbocycles. The van der Waals surface area contributed by atoms with Crippen molar-refractivity contribution in [3.63, 3.8) is 0 Å². The molecule has 5 heteroatoms. The van der Waals surface area contributed by atoms with Crippen molar-refractivity contribution in [2.75, 3.05) is 17.7 Å². The maximum atomic E-state index is 12.2. The van der Waals surface area contributed by atoms with Gasteiger partial charge in [-0.1, -0.05) is 24.3 Å². The van der Waals surface area contributed by atoms with Crippen LogP contribution >= 0.6 is 0 Å². The van der Waals surface area contributed by atoms with E-state index >= 15 is 0 Å². The summed E-state index contributed by atoms with van der Waals surface area (Å²) in [6.07, 6.45) is 3.14. The first-order chi connectivity index (χ1) is 11.4. The van der Waals surface area contributed by atoms with E-state index in [2.05, 4.69) is 17.0 Å². The molecular weight excluding hydrogens is 322 g/mol. The number of hydrogen-bond donors (Lipinski definition) is 0. The number of fused-ring (bicyclic) bond motifs is 1. The molecule has 1 aliphatic rings. The van der Waals surface area contributed by atoms with E-state index in [-0.39, 0.29) is 10.7 Å². The molecule has 0 atom stereocenters. The van der Waals surface area contributed by atoms with Crippen molar-refractivity contribution in [2.45, 2.75) is 31.2 Å². The molecule has 126 valence electrons. The van der Waals surface area contributed by atoms with Crippen LogP contribution in [0.25, 0.3) is 0 Å². The zero-order valence-corrected chi connectivity index (χ0v) is 14.8. The average molecular weight is 343 g/mol. The Bertz CT molecular complexity index is 887. The minimum Gasteiger partial charge on any atom is -0.366 e. The highest BCUT2D eigenvalue weighted by Gasteiger charge is 2.22. The topological polar surface area (TPSA) is 54.5 Å². The lowest BCUT2D eigenvalue weighted by Crippen LogP contribution is -2.24. The van der Waals surface area contributed by atoms with Gasteiger partial charge in [0.1, 0.15) is 0 Å². The fraction of sp³-hybridized carbons (Fsp3) is 0.316. The Morgan fingerprint density at radius 3 is 2.46 bits per heavy atom. The Balaban J connectivity index is 2.10. The number of carbonyl (C=O) groups is 1. The molecule has 0 amide bonds. The van der Waals surface area contributed by atoms with Crippen molar-refractivity contribution in [3.8, 4) is 0 Å². The fourth-order valence-electron chi connectivity index (χ4n) is 3.20. The van der Waals surface area contributed by atoms with E-state index in [4.69, 9.17) is 0 Å². The van der Waals surface area contributed by atoms with Gasteiger partial charge in [-0.25, -0.2) is 8.42 Å². The molecule has 24 heavy (non-hydrogen) atoms. The fourth-order valence-corrected chi connectivity index (χ4v) is 4.09. The molecule has 0 unspecified atom stereocenters. The van der Waals surface area contributed by atoms with Crippen molar-refractivity contribution >= 4 is 21.3 Å². The van der Waals surface area contributed by atoms with E-state index in [9.17, 15) is 13.2 Å². The van der Waals surface area contributed by atoms with Crippen LogP contribution in [0.15, 0.2) is 47.4 Å². The molecule has 2 aromatic rings. The van der Waals surface area contributed by atoms with Crippen LogP contribution in [0.4, 0.5) is 5.69 Å². The molecule has 0 spiro atoms. The molecule has 0 saturated carbocycles. The van der Waals surface area contributed by atoms with Gasteiger partial charge in [0.15, 0.2) is 15.6 Å². The van der Waals surface area contributed by atoms with Crippen LogP contribution in [0.5, 0.6) is 0 Å². The van der Waals surface area contributed by atoms with Gasteiger partial charge in [-0.15, -0.1) is 0 Å². The van der Waals surface area contributed by atoms with E-state index in [1.54, 1.807) is 18.2 Å². The highest BCUT2D eigenvalue weighted by Crippen LogP contribution is 2.31. The number of ketones is 1. The Hall–Kier alpha value is -2.14. The molecule has 2 aromatic carbocycles. The van der Waals surface area contributed by atoms with E-state index in [0.717, 1.165) is 19.4 Å². The maximum absolute atomic E-state index is 12.2. The number of rotatable bonds is 3. The summed E-state index contributed by atoms with van der Waals surface area (Å²) in [7, 11) is -3.37. The lowest BCUT2D eigenvalue weighted by molar-refractivity contribution is 0.101. The van der Waals surface area contributed by atoms with Gasteiger partial charge in [-0.2, -0.15) is 0 Å². The molecule has 0 radical (unpaired) electrons. The van der Waals surface area contributed by atoms with Gasteiger partial charge in [-0.05, 0) is 49.1 Å². The van der Waals surface area contributed by atoms with E-state index < -0.39 is 9.84 Å². The number of Topliss-reactive ketones (excluding diaryl/α,β-unsaturated/α-hetero) is 1. The summed E-state index contributed by atoms with van der Waals surface area (Å²) in [5.41, 5.74) is 3.68. The summed E-state index contributed by atoms with van der Waals surface area (Å²) < 4.78 is 24.4. The Morgan fingerprint density at radius 1 is 1.08 bits per heavy atom. The molecular formula is C19H21NO3S. The largest absolute Gasteiger partial charge is 0.366 e. The SMILES string of the molecule is CC(=O)c1ccc(S(C)(=O)=O)c(N2CCCc3ccccc3C2)c1. The van der Waals surface area contributed by atoms with E-state index in [1.165, 1.54) is 24.3 Å². The quantitative estimate of drug-likeness (QED) is 0.803. The number of nitrogens with zero attached hydrogens (tertiary/aromatic N) is 1. The lowest BCUT2D eigenvalue weighted by atomic mass is 10.0. The first-order valence-electron chi connectivity index (χ1n) is 8.03. The van der Waals surface area contributed by atoms with Gasteiger partial charge in [-0.3, -0.25) is 4.79 Å². The third kappa shape index (κ3) is 3.36. The second kappa shape index (κ2) is 6.40. The monoisotopic (exact) mass is 343 g/mol. The summed E-state index contributed by atoms with van der Waals surface area (Å²) in [6, 6.07) is 13.1. The van der Waals surface area contributed by atoms with Gasteiger partial charge < -0.3 is 4.90 Å². The summed E-state index contributed by atoms with van der Waals surface area (Å²) in [5.74, 6) is -0.0634. The molecule has 0 fully saturated rings. The van der Waals surface area contributed by atoms with Crippen molar-refractivity contribution in [1.29, 1.82) is 0 Å². The number of aryl methyl sites for hydroxylation is 1. The first kappa shape index (κ1) is 16.7. The first-order valence-corrected chi connectivity index (χ1v) is 9.92. The van der Waals surface area contributed by atoms with Crippen molar-refractivity contribution < 1.29 is 13.2 Å². The third-order valence-corrected chi connectivity index (χ3v) is 5.60. The van der Waals surface area contributed by atoms with Crippen molar-refractivity contribution in [1.82, 2.24) is 0 Å². The van der Waals surface area contributed by atoms with Crippen molar-refractivity contribution in [3.05, 3.63) is 59.2 Å². The summed E-state index contributed by atoms with van der Waals surface area (Å²) in [4.78, 5) is 14.1. The van der Waals surface area contributed by atoms with Crippen LogP contribution in [0.3, 0.4) is 0 Å². The van der Waals surface area contributed by atoms with Crippen LogP contribution in [0.1, 0.15) is 34.8 Å². The third-order valence-electron chi connectivity index (χ3n) is 4.46. The Kier molecular flexibility index (Phi) is 4.45. The zero-order valence-electron chi connectivity index (χ0n) is 14.0. The highest BCUT2D eigenvalue weighted by molar-refractivity contribution is 7.90. The molecule has 0 aromatic heterocycles. The molecule has 0 saturated heterocycles. The lowest BCUT2D eigenvalue weighted by Gasteiger charge is -2.26. The maximum Gasteiger partial charge on any atom is 0.177 e. The second-order valence-electron chi connectivity index (χ2n) is 6.30. The van der Waals surface area contributed by atoms with Crippen LogP contribution in [0.2, 0.25) is 0 Å². The summed E-state index contributed by atoms with van der Waals surface area (Å²) in [5, 5.41) is 0. The van der Waals surface area contributed by atoms with Gasteiger partial charge in [0.2, 0.25) is 0 Å². The predicted octanol–water partition coefficient (Wildman–Crippen LogP) is 3.25. The van der Waals surface area contributed by atoms with E-state index in [1.807, 2.05) is 12.1 Å². The Morgan fingerprint density at radius 2 is 1.79 bits per heavy atom. The van der Waals surface area contributed by atoms with E-state index in [0.29, 0.717) is 17.8 Å². The minimum absolute atomic E-state index is 0.0634. The van der Waals surface area contributed by atoms with Crippen LogP contribution in [-0.2, 0) is 22.8 Å². The molecule has 0 N–H and O–H groups in total. The van der Waals surface area contributed by atoms with Crippen LogP contribution in [0, 0.1) is 0 Å². The number of carbonyl (C=O) groups excluding carboxylic acids is 1. The smallest absolute Gasteiger partial charge is 0.177 e. The minimum atomic E-state index is -3.37. The number of hydrogen-bond acceptors (Lipinski definition) is 4. The van der Waals surface area contributed by atoms with Gasteiger partial charge in [0, 0.05) is 24.9 Å². The molecule has 4 nitrogen and oxygen atoms in total.